The van der Waals surface area contributed by atoms with Gasteiger partial charge in [-0.15, -0.1) is 0 Å². The molecule has 0 aliphatic rings. The van der Waals surface area contributed by atoms with Crippen molar-refractivity contribution < 1.29 is 4.42 Å². The van der Waals surface area contributed by atoms with E-state index in [4.69, 9.17) is 14.4 Å². The number of nitrogens with zero attached hydrogens (tertiary/aromatic N) is 2. The van der Waals surface area contributed by atoms with Crippen molar-refractivity contribution in [2.45, 2.75) is 0 Å². The van der Waals surface area contributed by atoms with Gasteiger partial charge in [0.25, 0.3) is 0 Å². The summed E-state index contributed by atoms with van der Waals surface area (Å²) < 4.78 is 6.47. The first-order valence-corrected chi connectivity index (χ1v) is 16.6. The van der Waals surface area contributed by atoms with E-state index in [1.54, 1.807) is 0 Å². The van der Waals surface area contributed by atoms with Crippen molar-refractivity contribution in [2.75, 3.05) is 0 Å². The predicted molar refractivity (Wildman–Crippen MR) is 204 cm³/mol. The van der Waals surface area contributed by atoms with E-state index < -0.39 is 0 Å². The molecule has 0 amide bonds. The molecule has 3 nitrogen and oxygen atoms in total. The lowest BCUT2D eigenvalue weighted by Crippen LogP contribution is -1.96. The topological polar surface area (TPSA) is 38.9 Å². The van der Waals surface area contributed by atoms with E-state index in [2.05, 4.69) is 158 Å². The molecule has 0 atom stereocenters. The van der Waals surface area contributed by atoms with Crippen molar-refractivity contribution in [3.05, 3.63) is 170 Å². The van der Waals surface area contributed by atoms with Crippen LogP contribution in [0.4, 0.5) is 0 Å². The van der Waals surface area contributed by atoms with Crippen LogP contribution in [0.15, 0.2) is 174 Å². The van der Waals surface area contributed by atoms with Gasteiger partial charge in [-0.1, -0.05) is 133 Å². The van der Waals surface area contributed by atoms with Crippen LogP contribution in [0.3, 0.4) is 0 Å². The van der Waals surface area contributed by atoms with Gasteiger partial charge >= 0.3 is 0 Å². The summed E-state index contributed by atoms with van der Waals surface area (Å²) in [5.74, 6) is 0.705. The maximum atomic E-state index is 6.47. The number of furan rings is 1. The molecule has 2 heterocycles. The third-order valence-corrected chi connectivity index (χ3v) is 9.66. The highest BCUT2D eigenvalue weighted by Crippen LogP contribution is 2.44. The molecule has 0 saturated carbocycles. The van der Waals surface area contributed by atoms with Crippen LogP contribution in [0.5, 0.6) is 0 Å². The van der Waals surface area contributed by atoms with Gasteiger partial charge in [0.2, 0.25) is 0 Å². The maximum absolute atomic E-state index is 6.47. The fourth-order valence-electron chi connectivity index (χ4n) is 7.35. The molecule has 0 aliphatic heterocycles. The van der Waals surface area contributed by atoms with Crippen molar-refractivity contribution in [1.82, 2.24) is 9.97 Å². The van der Waals surface area contributed by atoms with Crippen LogP contribution >= 0.6 is 0 Å². The number of benzene rings is 8. The molecule has 0 unspecified atom stereocenters. The Morgan fingerprint density at radius 1 is 0.306 bits per heavy atom. The molecule has 0 radical (unpaired) electrons. The largest absolute Gasteiger partial charge is 0.456 e. The Hall–Kier alpha value is -6.58. The molecule has 8 aromatic carbocycles. The Kier molecular flexibility index (Phi) is 6.18. The second kappa shape index (κ2) is 11.0. The van der Waals surface area contributed by atoms with Crippen molar-refractivity contribution in [2.24, 2.45) is 0 Å². The van der Waals surface area contributed by atoms with Gasteiger partial charge in [0, 0.05) is 32.8 Å². The summed E-state index contributed by atoms with van der Waals surface area (Å²) in [5, 5.41) is 9.44. The Labute approximate surface area is 282 Å². The first-order valence-electron chi connectivity index (χ1n) is 16.6. The molecule has 3 heteroatoms. The van der Waals surface area contributed by atoms with Crippen LogP contribution in [0, 0.1) is 0 Å². The van der Waals surface area contributed by atoms with Crippen LogP contribution in [0.1, 0.15) is 0 Å². The Morgan fingerprint density at radius 2 is 0.816 bits per heavy atom. The fourth-order valence-corrected chi connectivity index (χ4v) is 7.35. The molecule has 2 aromatic heterocycles. The van der Waals surface area contributed by atoms with Gasteiger partial charge in [0.15, 0.2) is 5.82 Å². The first-order chi connectivity index (χ1) is 24.3. The van der Waals surface area contributed by atoms with Crippen LogP contribution < -0.4 is 0 Å². The third-order valence-electron chi connectivity index (χ3n) is 9.66. The van der Waals surface area contributed by atoms with Gasteiger partial charge in [-0.25, -0.2) is 9.97 Å². The van der Waals surface area contributed by atoms with Gasteiger partial charge in [-0.05, 0) is 74.5 Å². The van der Waals surface area contributed by atoms with Crippen LogP contribution in [0.25, 0.3) is 99.3 Å². The lowest BCUT2D eigenvalue weighted by molar-refractivity contribution is 0.669. The van der Waals surface area contributed by atoms with Crippen molar-refractivity contribution in [3.63, 3.8) is 0 Å². The number of aromatic nitrogens is 2. The second-order valence-electron chi connectivity index (χ2n) is 12.5. The van der Waals surface area contributed by atoms with Gasteiger partial charge in [0.1, 0.15) is 11.2 Å². The predicted octanol–water partition coefficient (Wildman–Crippen LogP) is 12.5. The van der Waals surface area contributed by atoms with E-state index in [1.165, 1.54) is 43.4 Å². The van der Waals surface area contributed by atoms with Crippen molar-refractivity contribution >= 4 is 54.3 Å². The standard InChI is InChI=1S/C46H28N2O/c1-4-12-29(13-5-1)32-21-24-42-39(26-32)45-43(49-42)25-23-37-35-22-20-33(27-38(35)34-18-10-11-19-36(34)44(37)45)46-47-40(30-14-6-2-7-15-30)28-41(48-46)31-16-8-3-9-17-31/h1-28H. The molecular weight excluding hydrogens is 597 g/mol. The fraction of sp³-hybridized carbons (Fsp3) is 0. The van der Waals surface area contributed by atoms with Gasteiger partial charge in [0.05, 0.1) is 11.4 Å². The molecule has 0 N–H and O–H groups in total. The molecule has 0 saturated heterocycles. The third kappa shape index (κ3) is 4.51. The highest BCUT2D eigenvalue weighted by molar-refractivity contribution is 6.34. The number of hydrogen-bond donors (Lipinski definition) is 0. The summed E-state index contributed by atoms with van der Waals surface area (Å²) in [6.45, 7) is 0. The number of hydrogen-bond acceptors (Lipinski definition) is 3. The van der Waals surface area contributed by atoms with Gasteiger partial charge in [-0.2, -0.15) is 0 Å². The SMILES string of the molecule is c1ccc(-c2ccc3oc4ccc5c6ccc(-c7nc(-c8ccccc8)cc(-c8ccccc8)n7)cc6c6ccccc6c5c4c3c2)cc1. The van der Waals surface area contributed by atoms with Crippen LogP contribution in [0.2, 0.25) is 0 Å². The average molecular weight is 625 g/mol. The van der Waals surface area contributed by atoms with Gasteiger partial charge < -0.3 is 4.42 Å². The minimum absolute atomic E-state index is 0.705. The summed E-state index contributed by atoms with van der Waals surface area (Å²) in [4.78, 5) is 10.3. The monoisotopic (exact) mass is 624 g/mol. The summed E-state index contributed by atoms with van der Waals surface area (Å²) in [6, 6.07) is 59.6. The smallest absolute Gasteiger partial charge is 0.160 e. The summed E-state index contributed by atoms with van der Waals surface area (Å²) in [7, 11) is 0. The molecule has 228 valence electrons. The minimum atomic E-state index is 0.705. The highest BCUT2D eigenvalue weighted by Gasteiger charge is 2.18. The zero-order valence-corrected chi connectivity index (χ0v) is 26.5. The van der Waals surface area contributed by atoms with E-state index in [-0.39, 0.29) is 0 Å². The summed E-state index contributed by atoms with van der Waals surface area (Å²) in [6.07, 6.45) is 0. The Balaban J connectivity index is 1.23. The maximum Gasteiger partial charge on any atom is 0.160 e. The summed E-state index contributed by atoms with van der Waals surface area (Å²) in [5.41, 5.74) is 9.06. The second-order valence-corrected chi connectivity index (χ2v) is 12.5. The zero-order valence-electron chi connectivity index (χ0n) is 26.5. The van der Waals surface area contributed by atoms with E-state index in [1.807, 2.05) is 12.1 Å². The molecule has 0 aliphatic carbocycles. The molecule has 0 fully saturated rings. The van der Waals surface area contributed by atoms with Crippen molar-refractivity contribution in [1.29, 1.82) is 0 Å². The summed E-state index contributed by atoms with van der Waals surface area (Å²) >= 11 is 0. The molecule has 0 spiro atoms. The van der Waals surface area contributed by atoms with Gasteiger partial charge in [-0.3, -0.25) is 0 Å². The lowest BCUT2D eigenvalue weighted by Gasteiger charge is -2.13. The number of rotatable bonds is 4. The minimum Gasteiger partial charge on any atom is -0.456 e. The Morgan fingerprint density at radius 3 is 1.51 bits per heavy atom. The molecule has 49 heavy (non-hydrogen) atoms. The lowest BCUT2D eigenvalue weighted by atomic mass is 9.90. The zero-order chi connectivity index (χ0) is 32.3. The van der Waals surface area contributed by atoms with Crippen molar-refractivity contribution in [3.8, 4) is 45.0 Å². The molecule has 0 bridgehead atoms. The van der Waals surface area contributed by atoms with E-state index in [0.29, 0.717) is 5.82 Å². The number of fused-ring (bicyclic) bond motifs is 10. The molecule has 10 rings (SSSR count). The normalized spacial score (nSPS) is 11.7. The van der Waals surface area contributed by atoms with Crippen LogP contribution in [-0.2, 0) is 0 Å². The van der Waals surface area contributed by atoms with Crippen LogP contribution in [-0.4, -0.2) is 9.97 Å². The molecular formula is C46H28N2O. The van der Waals surface area contributed by atoms with E-state index >= 15 is 0 Å². The highest BCUT2D eigenvalue weighted by atomic mass is 16.3. The average Bonchev–Trinajstić information content (AvgIpc) is 3.57. The van der Waals surface area contributed by atoms with E-state index in [0.717, 1.165) is 50.0 Å². The molecule has 10 aromatic rings. The quantitative estimate of drug-likeness (QED) is 0.183. The van der Waals surface area contributed by atoms with E-state index in [9.17, 15) is 0 Å². The first kappa shape index (κ1) is 27.5. The Bertz CT molecular complexity index is 2780.